The van der Waals surface area contributed by atoms with Crippen molar-refractivity contribution in [3.63, 3.8) is 0 Å². The molecular formula is C11H26O4. The lowest BCUT2D eigenvalue weighted by atomic mass is 10.4. The molecule has 0 aromatic heterocycles. The van der Waals surface area contributed by atoms with Crippen molar-refractivity contribution < 1.29 is 19.7 Å². The summed E-state index contributed by atoms with van der Waals surface area (Å²) in [5.41, 5.74) is 0. The molecule has 0 aromatic rings. The van der Waals surface area contributed by atoms with Gasteiger partial charge in [-0.25, -0.2) is 0 Å². The SMILES string of the molecule is CCCCOCCC.OCCOCCO. The average Bonchev–Trinajstić information content (AvgIpc) is 2.26. The van der Waals surface area contributed by atoms with Crippen LogP contribution < -0.4 is 0 Å². The minimum absolute atomic E-state index is 0.0278. The van der Waals surface area contributed by atoms with Gasteiger partial charge in [-0.3, -0.25) is 0 Å². The molecule has 0 aliphatic heterocycles. The maximum atomic E-state index is 8.09. The molecular weight excluding hydrogens is 196 g/mol. The Labute approximate surface area is 93.2 Å². The molecule has 0 spiro atoms. The summed E-state index contributed by atoms with van der Waals surface area (Å²) in [7, 11) is 0. The zero-order chi connectivity index (χ0) is 11.8. The predicted molar refractivity (Wildman–Crippen MR) is 61.0 cm³/mol. The van der Waals surface area contributed by atoms with E-state index in [-0.39, 0.29) is 13.2 Å². The van der Waals surface area contributed by atoms with Crippen molar-refractivity contribution in [3.05, 3.63) is 0 Å². The van der Waals surface area contributed by atoms with E-state index in [0.29, 0.717) is 13.2 Å². The Bertz CT molecular complexity index is 78.7. The molecule has 0 rings (SSSR count). The van der Waals surface area contributed by atoms with Crippen LogP contribution in [0.1, 0.15) is 33.1 Å². The van der Waals surface area contributed by atoms with E-state index in [9.17, 15) is 0 Å². The molecule has 0 unspecified atom stereocenters. The number of aliphatic hydroxyl groups excluding tert-OH is 2. The molecule has 0 bridgehead atoms. The van der Waals surface area contributed by atoms with E-state index in [4.69, 9.17) is 14.9 Å². The Morgan fingerprint density at radius 3 is 1.67 bits per heavy atom. The first-order chi connectivity index (χ1) is 7.33. The van der Waals surface area contributed by atoms with Gasteiger partial charge in [0.25, 0.3) is 0 Å². The third kappa shape index (κ3) is 24.8. The lowest BCUT2D eigenvalue weighted by Crippen LogP contribution is -2.03. The lowest BCUT2D eigenvalue weighted by Gasteiger charge is -1.97. The highest BCUT2D eigenvalue weighted by molar-refractivity contribution is 4.30. The summed E-state index contributed by atoms with van der Waals surface area (Å²) >= 11 is 0. The summed E-state index contributed by atoms with van der Waals surface area (Å²) in [5.74, 6) is 0. The monoisotopic (exact) mass is 222 g/mol. The fraction of sp³-hybridized carbons (Fsp3) is 1.00. The third-order valence-electron chi connectivity index (χ3n) is 1.46. The van der Waals surface area contributed by atoms with Crippen LogP contribution in [0, 0.1) is 0 Å². The normalized spacial score (nSPS) is 9.60. The van der Waals surface area contributed by atoms with Gasteiger partial charge in [-0.1, -0.05) is 20.3 Å². The van der Waals surface area contributed by atoms with Gasteiger partial charge in [-0.2, -0.15) is 0 Å². The lowest BCUT2D eigenvalue weighted by molar-refractivity contribution is 0.0650. The van der Waals surface area contributed by atoms with E-state index in [1.54, 1.807) is 0 Å². The van der Waals surface area contributed by atoms with E-state index in [2.05, 4.69) is 18.6 Å². The van der Waals surface area contributed by atoms with Gasteiger partial charge in [0, 0.05) is 13.2 Å². The van der Waals surface area contributed by atoms with Crippen molar-refractivity contribution in [1.82, 2.24) is 0 Å². The highest BCUT2D eigenvalue weighted by Gasteiger charge is 1.82. The van der Waals surface area contributed by atoms with E-state index >= 15 is 0 Å². The molecule has 4 nitrogen and oxygen atoms in total. The van der Waals surface area contributed by atoms with Gasteiger partial charge in [0.2, 0.25) is 0 Å². The molecule has 2 N–H and O–H groups in total. The van der Waals surface area contributed by atoms with Gasteiger partial charge >= 0.3 is 0 Å². The molecule has 0 fully saturated rings. The van der Waals surface area contributed by atoms with Crippen LogP contribution in [0.4, 0.5) is 0 Å². The van der Waals surface area contributed by atoms with Crippen molar-refractivity contribution in [2.24, 2.45) is 0 Å². The van der Waals surface area contributed by atoms with Crippen LogP contribution in [0.15, 0.2) is 0 Å². The quantitative estimate of drug-likeness (QED) is 0.576. The summed E-state index contributed by atoms with van der Waals surface area (Å²) in [6.07, 6.45) is 3.59. The predicted octanol–water partition coefficient (Wildman–Crippen LogP) is 1.20. The zero-order valence-corrected chi connectivity index (χ0v) is 10.1. The third-order valence-corrected chi connectivity index (χ3v) is 1.46. The summed E-state index contributed by atoms with van der Waals surface area (Å²) in [4.78, 5) is 0. The second-order valence-electron chi connectivity index (χ2n) is 3.03. The molecule has 0 saturated heterocycles. The Hall–Kier alpha value is -0.160. The molecule has 94 valence electrons. The van der Waals surface area contributed by atoms with Crippen LogP contribution in [0.3, 0.4) is 0 Å². The minimum Gasteiger partial charge on any atom is -0.394 e. The fourth-order valence-corrected chi connectivity index (χ4v) is 0.724. The first kappa shape index (κ1) is 17.2. The Morgan fingerprint density at radius 1 is 0.733 bits per heavy atom. The molecule has 0 heterocycles. The average molecular weight is 222 g/mol. The van der Waals surface area contributed by atoms with Gasteiger partial charge in [0.15, 0.2) is 0 Å². The van der Waals surface area contributed by atoms with Gasteiger partial charge in [-0.05, 0) is 12.8 Å². The molecule has 0 aromatic carbocycles. The number of rotatable bonds is 9. The van der Waals surface area contributed by atoms with Crippen LogP contribution in [-0.2, 0) is 9.47 Å². The first-order valence-electron chi connectivity index (χ1n) is 5.70. The molecule has 4 heteroatoms. The van der Waals surface area contributed by atoms with Gasteiger partial charge in [0.1, 0.15) is 0 Å². The molecule has 0 aliphatic carbocycles. The van der Waals surface area contributed by atoms with Crippen LogP contribution in [-0.4, -0.2) is 49.9 Å². The second-order valence-corrected chi connectivity index (χ2v) is 3.03. The van der Waals surface area contributed by atoms with Crippen LogP contribution >= 0.6 is 0 Å². The number of hydrogen-bond donors (Lipinski definition) is 2. The molecule has 0 saturated carbocycles. The summed E-state index contributed by atoms with van der Waals surface area (Å²) < 4.78 is 9.86. The van der Waals surface area contributed by atoms with E-state index < -0.39 is 0 Å². The van der Waals surface area contributed by atoms with Crippen molar-refractivity contribution in [2.45, 2.75) is 33.1 Å². The van der Waals surface area contributed by atoms with E-state index in [1.807, 2.05) is 0 Å². The van der Waals surface area contributed by atoms with E-state index in [0.717, 1.165) is 19.6 Å². The van der Waals surface area contributed by atoms with Crippen LogP contribution in [0.5, 0.6) is 0 Å². The number of unbranched alkanes of at least 4 members (excludes halogenated alkanes) is 1. The van der Waals surface area contributed by atoms with Gasteiger partial charge in [-0.15, -0.1) is 0 Å². The van der Waals surface area contributed by atoms with E-state index in [1.165, 1.54) is 12.8 Å². The van der Waals surface area contributed by atoms with Crippen molar-refractivity contribution >= 4 is 0 Å². The first-order valence-corrected chi connectivity index (χ1v) is 5.70. The zero-order valence-electron chi connectivity index (χ0n) is 10.1. The maximum absolute atomic E-state index is 8.09. The molecule has 0 amide bonds. The Morgan fingerprint density at radius 2 is 1.27 bits per heavy atom. The molecule has 15 heavy (non-hydrogen) atoms. The summed E-state index contributed by atoms with van der Waals surface area (Å²) in [5, 5.41) is 16.2. The molecule has 0 radical (unpaired) electrons. The number of hydrogen-bond acceptors (Lipinski definition) is 4. The summed E-state index contributed by atoms with van der Waals surface area (Å²) in [6, 6.07) is 0. The second kappa shape index (κ2) is 19.4. The Kier molecular flexibility index (Phi) is 22.3. The minimum atomic E-state index is 0.0278. The number of ether oxygens (including phenoxy) is 2. The highest BCUT2D eigenvalue weighted by Crippen LogP contribution is 1.88. The fourth-order valence-electron chi connectivity index (χ4n) is 0.724. The largest absolute Gasteiger partial charge is 0.394 e. The topological polar surface area (TPSA) is 58.9 Å². The van der Waals surface area contributed by atoms with Crippen LogP contribution in [0.2, 0.25) is 0 Å². The summed E-state index contributed by atoms with van der Waals surface area (Å²) in [6.45, 7) is 6.88. The maximum Gasteiger partial charge on any atom is 0.0698 e. The molecule has 0 aliphatic rings. The standard InChI is InChI=1S/C7H16O.C4H10O3/c1-3-5-7-8-6-4-2;5-1-3-7-4-2-6/h3-7H2,1-2H3;5-6H,1-4H2. The van der Waals surface area contributed by atoms with Crippen LogP contribution in [0.25, 0.3) is 0 Å². The van der Waals surface area contributed by atoms with Crippen molar-refractivity contribution in [2.75, 3.05) is 39.6 Å². The van der Waals surface area contributed by atoms with Gasteiger partial charge < -0.3 is 19.7 Å². The molecule has 0 atom stereocenters. The van der Waals surface area contributed by atoms with Crippen molar-refractivity contribution in [1.29, 1.82) is 0 Å². The number of aliphatic hydroxyl groups is 2. The highest BCUT2D eigenvalue weighted by atomic mass is 16.5. The smallest absolute Gasteiger partial charge is 0.0698 e. The van der Waals surface area contributed by atoms with Crippen molar-refractivity contribution in [3.8, 4) is 0 Å². The van der Waals surface area contributed by atoms with Gasteiger partial charge in [0.05, 0.1) is 26.4 Å². The Balaban J connectivity index is 0.